The molecule has 0 spiro atoms. The molecule has 10 rings (SSSR count). The quantitative estimate of drug-likeness (QED) is 0.201. The van der Waals surface area contributed by atoms with E-state index in [4.69, 9.17) is 4.74 Å². The van der Waals surface area contributed by atoms with Crippen molar-refractivity contribution in [1.29, 1.82) is 0 Å². The molecule has 1 aliphatic rings. The first-order chi connectivity index (χ1) is 22.8. The van der Waals surface area contributed by atoms with Crippen LogP contribution in [0.25, 0.3) is 82.4 Å². The lowest BCUT2D eigenvalue weighted by Gasteiger charge is -2.22. The van der Waals surface area contributed by atoms with Crippen LogP contribution in [-0.4, -0.2) is 4.57 Å². The fraction of sp³-hybridized carbons (Fsp3) is 0. The second-order valence-corrected chi connectivity index (χ2v) is 12.1. The van der Waals surface area contributed by atoms with Crippen LogP contribution in [0.4, 0.5) is 0 Å². The summed E-state index contributed by atoms with van der Waals surface area (Å²) in [6, 6.07) is 59.0. The standard InChI is InChI=1S/C44H27NO/c1-2-12-32(13-3-1)45-39-18-7-6-16-37(39)44-35-23-20-29(26-30(35)21-24-40(44)45)33-14-4-5-15-34(33)31-22-25-41-38(27-31)36-17-8-10-28-11-9-19-42(46-41)43(28)36/h1-27H. The minimum atomic E-state index is 0.900. The van der Waals surface area contributed by atoms with E-state index in [1.165, 1.54) is 76.9 Å². The summed E-state index contributed by atoms with van der Waals surface area (Å²) in [7, 11) is 0. The van der Waals surface area contributed by atoms with E-state index in [0.29, 0.717) is 0 Å². The highest BCUT2D eigenvalue weighted by Gasteiger charge is 2.21. The molecule has 8 aromatic carbocycles. The number of para-hydroxylation sites is 2. The number of hydrogen-bond acceptors (Lipinski definition) is 1. The lowest BCUT2D eigenvalue weighted by Crippen LogP contribution is -1.97. The van der Waals surface area contributed by atoms with E-state index in [0.717, 1.165) is 17.1 Å². The predicted molar refractivity (Wildman–Crippen MR) is 192 cm³/mol. The second kappa shape index (κ2) is 9.69. The summed E-state index contributed by atoms with van der Waals surface area (Å²) in [5, 5.41) is 7.44. The largest absolute Gasteiger partial charge is 0.456 e. The first-order valence-corrected chi connectivity index (χ1v) is 15.8. The Morgan fingerprint density at radius 1 is 0.370 bits per heavy atom. The number of rotatable bonds is 3. The maximum absolute atomic E-state index is 6.40. The Bertz CT molecular complexity index is 2660. The van der Waals surface area contributed by atoms with Gasteiger partial charge in [-0.2, -0.15) is 0 Å². The van der Waals surface area contributed by atoms with Gasteiger partial charge in [0.05, 0.1) is 11.0 Å². The van der Waals surface area contributed by atoms with Gasteiger partial charge >= 0.3 is 0 Å². The first kappa shape index (κ1) is 25.2. The van der Waals surface area contributed by atoms with Crippen molar-refractivity contribution in [2.75, 3.05) is 0 Å². The van der Waals surface area contributed by atoms with Crippen molar-refractivity contribution in [3.63, 3.8) is 0 Å². The second-order valence-electron chi connectivity index (χ2n) is 12.1. The molecule has 2 heteroatoms. The normalized spacial score (nSPS) is 12.1. The van der Waals surface area contributed by atoms with Crippen molar-refractivity contribution in [1.82, 2.24) is 4.57 Å². The van der Waals surface area contributed by atoms with Crippen molar-refractivity contribution in [2.45, 2.75) is 0 Å². The van der Waals surface area contributed by atoms with Gasteiger partial charge < -0.3 is 9.30 Å². The zero-order valence-electron chi connectivity index (χ0n) is 24.9. The van der Waals surface area contributed by atoms with Gasteiger partial charge in [-0.3, -0.25) is 0 Å². The Kier molecular flexibility index (Phi) is 5.31. The Morgan fingerprint density at radius 2 is 1.09 bits per heavy atom. The lowest BCUT2D eigenvalue weighted by molar-refractivity contribution is 0.487. The lowest BCUT2D eigenvalue weighted by atomic mass is 9.89. The van der Waals surface area contributed by atoms with Crippen LogP contribution in [0, 0.1) is 0 Å². The van der Waals surface area contributed by atoms with Crippen LogP contribution in [0.5, 0.6) is 11.5 Å². The smallest absolute Gasteiger partial charge is 0.135 e. The minimum absolute atomic E-state index is 0.900. The third kappa shape index (κ3) is 3.65. The van der Waals surface area contributed by atoms with Gasteiger partial charge in [0.25, 0.3) is 0 Å². The van der Waals surface area contributed by atoms with Crippen molar-refractivity contribution >= 4 is 43.4 Å². The highest BCUT2D eigenvalue weighted by atomic mass is 16.5. The summed E-state index contributed by atoms with van der Waals surface area (Å²) in [6.45, 7) is 0. The van der Waals surface area contributed by atoms with Crippen molar-refractivity contribution < 1.29 is 4.74 Å². The minimum Gasteiger partial charge on any atom is -0.456 e. The van der Waals surface area contributed by atoms with Gasteiger partial charge in [-0.1, -0.05) is 115 Å². The van der Waals surface area contributed by atoms with Crippen LogP contribution in [0.1, 0.15) is 0 Å². The summed E-state index contributed by atoms with van der Waals surface area (Å²) in [5.74, 6) is 1.82. The molecule has 9 aromatic rings. The Hall–Kier alpha value is -6.12. The van der Waals surface area contributed by atoms with E-state index in [9.17, 15) is 0 Å². The number of benzene rings is 8. The topological polar surface area (TPSA) is 14.2 Å². The molecule has 0 unspecified atom stereocenters. The van der Waals surface area contributed by atoms with E-state index in [1.807, 2.05) is 0 Å². The third-order valence-electron chi connectivity index (χ3n) is 9.57. The first-order valence-electron chi connectivity index (χ1n) is 15.8. The highest BCUT2D eigenvalue weighted by Crippen LogP contribution is 2.48. The maximum Gasteiger partial charge on any atom is 0.135 e. The average Bonchev–Trinajstić information content (AvgIpc) is 3.47. The van der Waals surface area contributed by atoms with Crippen molar-refractivity contribution in [2.24, 2.45) is 0 Å². The highest BCUT2D eigenvalue weighted by molar-refractivity contribution is 6.21. The molecule has 0 fully saturated rings. The molecule has 0 N–H and O–H groups in total. The molecular weight excluding hydrogens is 558 g/mol. The Morgan fingerprint density at radius 3 is 1.96 bits per heavy atom. The number of aromatic nitrogens is 1. The fourth-order valence-electron chi connectivity index (χ4n) is 7.54. The molecule has 2 heterocycles. The van der Waals surface area contributed by atoms with E-state index in [2.05, 4.69) is 168 Å². The van der Waals surface area contributed by atoms with Crippen molar-refractivity contribution in [3.05, 3.63) is 164 Å². The van der Waals surface area contributed by atoms with Crippen LogP contribution in [-0.2, 0) is 0 Å². The van der Waals surface area contributed by atoms with Gasteiger partial charge in [0.1, 0.15) is 11.5 Å². The summed E-state index contributed by atoms with van der Waals surface area (Å²) < 4.78 is 8.78. The van der Waals surface area contributed by atoms with E-state index in [-0.39, 0.29) is 0 Å². The van der Waals surface area contributed by atoms with Crippen LogP contribution in [0.15, 0.2) is 164 Å². The number of nitrogens with zero attached hydrogens (tertiary/aromatic N) is 1. The Labute approximate surface area is 266 Å². The molecule has 0 saturated heterocycles. The predicted octanol–water partition coefficient (Wildman–Crippen LogP) is 12.2. The summed E-state index contributed by atoms with van der Waals surface area (Å²) in [6.07, 6.45) is 0. The average molecular weight is 586 g/mol. The van der Waals surface area contributed by atoms with Gasteiger partial charge in [0, 0.05) is 27.4 Å². The summed E-state index contributed by atoms with van der Waals surface area (Å²) >= 11 is 0. The van der Waals surface area contributed by atoms with Crippen LogP contribution in [0.3, 0.4) is 0 Å². The molecule has 2 nitrogen and oxygen atoms in total. The van der Waals surface area contributed by atoms with E-state index >= 15 is 0 Å². The molecule has 0 bridgehead atoms. The number of hydrogen-bond donors (Lipinski definition) is 0. The molecule has 46 heavy (non-hydrogen) atoms. The number of fused-ring (bicyclic) bond motifs is 7. The summed E-state index contributed by atoms with van der Waals surface area (Å²) in [4.78, 5) is 0. The monoisotopic (exact) mass is 585 g/mol. The van der Waals surface area contributed by atoms with Crippen LogP contribution < -0.4 is 4.74 Å². The van der Waals surface area contributed by atoms with Crippen LogP contribution >= 0.6 is 0 Å². The zero-order chi connectivity index (χ0) is 30.2. The molecular formula is C44H27NO. The zero-order valence-corrected chi connectivity index (χ0v) is 24.9. The maximum atomic E-state index is 6.40. The molecule has 0 atom stereocenters. The molecule has 0 amide bonds. The molecule has 1 aromatic heterocycles. The summed E-state index contributed by atoms with van der Waals surface area (Å²) in [5.41, 5.74) is 10.8. The molecule has 0 aliphatic carbocycles. The van der Waals surface area contributed by atoms with Gasteiger partial charge in [-0.15, -0.1) is 0 Å². The Balaban J connectivity index is 1.14. The molecule has 0 saturated carbocycles. The van der Waals surface area contributed by atoms with Gasteiger partial charge in [0.15, 0.2) is 0 Å². The van der Waals surface area contributed by atoms with Gasteiger partial charge in [0.2, 0.25) is 0 Å². The van der Waals surface area contributed by atoms with Gasteiger partial charge in [-0.25, -0.2) is 0 Å². The van der Waals surface area contributed by atoms with Crippen LogP contribution in [0.2, 0.25) is 0 Å². The fourth-order valence-corrected chi connectivity index (χ4v) is 7.54. The van der Waals surface area contributed by atoms with Crippen molar-refractivity contribution in [3.8, 4) is 50.6 Å². The molecule has 0 radical (unpaired) electrons. The van der Waals surface area contributed by atoms with E-state index < -0.39 is 0 Å². The van der Waals surface area contributed by atoms with Gasteiger partial charge in [-0.05, 0) is 92.5 Å². The third-order valence-corrected chi connectivity index (χ3v) is 9.57. The molecule has 214 valence electrons. The molecule has 1 aliphatic heterocycles. The SMILES string of the molecule is c1ccc(-n2c3ccccc3c3c4ccc(-c5ccccc5-c5ccc6c(c5)-c5cccc7cccc(c57)O6)cc4ccc32)cc1. The number of ether oxygens (including phenoxy) is 1. The van der Waals surface area contributed by atoms with E-state index in [1.54, 1.807) is 0 Å².